The van der Waals surface area contributed by atoms with Crippen molar-refractivity contribution in [2.45, 2.75) is 149 Å². The van der Waals surface area contributed by atoms with Crippen LogP contribution in [-0.2, 0) is 38.1 Å². The SMILES string of the molecule is CC(=O)OC1CCN([C@H]2C[C@]3(C)C4CC[C@@]5(C)C(C[C@H]([N+]6(C)CCC(OC(C)=O)CC6)[C@@H]5OC(C)=O)C4CC[C@H]3C[C@@H]2OC(C)=O)CC1.[Br-]. The lowest BCUT2D eigenvalue weighted by atomic mass is 9.44. The molecule has 2 saturated heterocycles. The van der Waals surface area contributed by atoms with E-state index >= 15 is 0 Å². The van der Waals surface area contributed by atoms with Crippen LogP contribution in [0.2, 0.25) is 0 Å². The number of fused-ring (bicyclic) bond motifs is 5. The van der Waals surface area contributed by atoms with Gasteiger partial charge < -0.3 is 40.4 Å². The number of rotatable bonds is 6. The van der Waals surface area contributed by atoms with E-state index in [9.17, 15) is 19.2 Å². The second kappa shape index (κ2) is 14.7. The van der Waals surface area contributed by atoms with Gasteiger partial charge in [0.2, 0.25) is 0 Å². The Labute approximate surface area is 304 Å². The van der Waals surface area contributed by atoms with Gasteiger partial charge in [0.05, 0.1) is 20.1 Å². The molecule has 0 N–H and O–H groups in total. The molecular weight excluding hydrogens is 692 g/mol. The number of hydrogen-bond donors (Lipinski definition) is 0. The largest absolute Gasteiger partial charge is 1.00 e. The van der Waals surface area contributed by atoms with Crippen LogP contribution in [0.4, 0.5) is 0 Å². The molecule has 0 aromatic heterocycles. The summed E-state index contributed by atoms with van der Waals surface area (Å²) in [5, 5.41) is 0. The standard InChI is InChI=1S/C38H61N2O8.BrH/c1-23(41)45-28-11-16-39(17-12-28)33-22-38(6)27(20-35(33)47-25(3)43)8-9-30-31(38)10-15-37(5)32(30)21-34(36(37)48-26(4)44)40(7)18-13-29(14-19-40)46-24(2)42;/h27-36H,8-22H2,1-7H3;1H/q+1;/p-1/t27-,29?,30?,31?,32?,33-,34-,35-,36-,37-,38-,40?;/m0./s1. The summed E-state index contributed by atoms with van der Waals surface area (Å²) in [6, 6.07) is 0.394. The minimum atomic E-state index is -0.218. The van der Waals surface area contributed by atoms with E-state index in [2.05, 4.69) is 25.8 Å². The lowest BCUT2D eigenvalue weighted by Gasteiger charge is -2.62. The third-order valence-corrected chi connectivity index (χ3v) is 14.5. The second-order valence-electron chi connectivity index (χ2n) is 17.3. The Hall–Kier alpha value is -1.72. The maximum Gasteiger partial charge on any atom is 0.303 e. The van der Waals surface area contributed by atoms with Crippen LogP contribution in [0, 0.1) is 34.5 Å². The van der Waals surface area contributed by atoms with Crippen molar-refractivity contribution in [3.8, 4) is 0 Å². The summed E-state index contributed by atoms with van der Waals surface area (Å²) in [5.41, 5.74) is 0.0653. The number of hydrogen-bond acceptors (Lipinski definition) is 9. The van der Waals surface area contributed by atoms with Crippen LogP contribution in [-0.4, -0.2) is 103 Å². The molecule has 11 heteroatoms. The maximum absolute atomic E-state index is 12.7. The molecule has 2 aliphatic heterocycles. The van der Waals surface area contributed by atoms with E-state index in [4.69, 9.17) is 18.9 Å². The van der Waals surface area contributed by atoms with Gasteiger partial charge in [0.15, 0.2) is 6.10 Å². The van der Waals surface area contributed by atoms with E-state index < -0.39 is 0 Å². The zero-order valence-corrected chi connectivity index (χ0v) is 32.5. The molecule has 278 valence electrons. The summed E-state index contributed by atoms with van der Waals surface area (Å²) in [7, 11) is 2.34. The second-order valence-corrected chi connectivity index (χ2v) is 17.3. The van der Waals surface area contributed by atoms with Gasteiger partial charge in [0.1, 0.15) is 24.4 Å². The van der Waals surface area contributed by atoms with Gasteiger partial charge in [-0.25, -0.2) is 0 Å². The molecule has 0 spiro atoms. The number of piperidine rings is 2. The monoisotopic (exact) mass is 752 g/mol. The van der Waals surface area contributed by atoms with Crippen LogP contribution in [0.1, 0.15) is 112 Å². The van der Waals surface area contributed by atoms with Crippen LogP contribution in [0.5, 0.6) is 0 Å². The average molecular weight is 754 g/mol. The number of likely N-dealkylation sites (N-methyl/N-ethyl adjacent to an activating group) is 1. The van der Waals surface area contributed by atoms with E-state index in [1.807, 2.05) is 0 Å². The highest BCUT2D eigenvalue weighted by molar-refractivity contribution is 5.67. The third kappa shape index (κ3) is 7.46. The first-order valence-electron chi connectivity index (χ1n) is 18.9. The topological polar surface area (TPSA) is 108 Å². The molecule has 6 fully saturated rings. The van der Waals surface area contributed by atoms with Gasteiger partial charge in [-0.15, -0.1) is 0 Å². The van der Waals surface area contributed by atoms with Crippen molar-refractivity contribution in [1.29, 1.82) is 0 Å². The van der Waals surface area contributed by atoms with Crippen molar-refractivity contribution in [3.05, 3.63) is 0 Å². The minimum Gasteiger partial charge on any atom is -1.00 e. The molecule has 2 heterocycles. The number of quaternary nitrogens is 1. The molecule has 0 bridgehead atoms. The Bertz CT molecular complexity index is 1250. The number of carbonyl (C=O) groups excluding carboxylic acids is 4. The number of ether oxygens (including phenoxy) is 4. The first-order chi connectivity index (χ1) is 22.6. The summed E-state index contributed by atoms with van der Waals surface area (Å²) in [4.78, 5) is 50.8. The fourth-order valence-electron chi connectivity index (χ4n) is 12.3. The van der Waals surface area contributed by atoms with Gasteiger partial charge in [-0.2, -0.15) is 0 Å². The lowest BCUT2D eigenvalue weighted by Crippen LogP contribution is -3.00. The number of esters is 4. The van der Waals surface area contributed by atoms with Crippen LogP contribution < -0.4 is 17.0 Å². The van der Waals surface area contributed by atoms with Gasteiger partial charge in [-0.05, 0) is 80.5 Å². The Morgan fingerprint density at radius 2 is 1.24 bits per heavy atom. The predicted molar refractivity (Wildman–Crippen MR) is 178 cm³/mol. The summed E-state index contributed by atoms with van der Waals surface area (Å²) < 4.78 is 24.5. The van der Waals surface area contributed by atoms with E-state index in [1.165, 1.54) is 27.2 Å². The molecule has 6 aliphatic rings. The highest BCUT2D eigenvalue weighted by atomic mass is 79.9. The van der Waals surface area contributed by atoms with Crippen molar-refractivity contribution in [2.75, 3.05) is 33.2 Å². The van der Waals surface area contributed by atoms with Gasteiger partial charge in [0, 0.05) is 71.5 Å². The van der Waals surface area contributed by atoms with Gasteiger partial charge in [-0.3, -0.25) is 24.1 Å². The molecule has 10 atom stereocenters. The molecule has 0 amide bonds. The van der Waals surface area contributed by atoms with Crippen LogP contribution in [0.15, 0.2) is 0 Å². The van der Waals surface area contributed by atoms with Crippen molar-refractivity contribution >= 4 is 23.9 Å². The Kier molecular flexibility index (Phi) is 11.6. The molecule has 0 aromatic carbocycles. The van der Waals surface area contributed by atoms with E-state index in [0.29, 0.717) is 23.7 Å². The van der Waals surface area contributed by atoms with Crippen molar-refractivity contribution < 1.29 is 59.6 Å². The third-order valence-electron chi connectivity index (χ3n) is 14.5. The molecular formula is C38H61BrN2O8. The molecule has 49 heavy (non-hydrogen) atoms. The molecule has 3 unspecified atom stereocenters. The quantitative estimate of drug-likeness (QED) is 0.229. The normalized spacial score (nSPS) is 43.9. The van der Waals surface area contributed by atoms with Crippen molar-refractivity contribution in [1.82, 2.24) is 4.90 Å². The van der Waals surface area contributed by atoms with Gasteiger partial charge in [0.25, 0.3) is 0 Å². The maximum atomic E-state index is 12.7. The van der Waals surface area contributed by atoms with Gasteiger partial charge in [-0.1, -0.05) is 13.8 Å². The zero-order valence-electron chi connectivity index (χ0n) is 30.9. The molecule has 4 aliphatic carbocycles. The minimum absolute atomic E-state index is 0. The van der Waals surface area contributed by atoms with Crippen molar-refractivity contribution in [2.24, 2.45) is 34.5 Å². The molecule has 0 aromatic rings. The van der Waals surface area contributed by atoms with E-state index in [-0.39, 0.29) is 88.2 Å². The summed E-state index contributed by atoms with van der Waals surface area (Å²) >= 11 is 0. The van der Waals surface area contributed by atoms with Crippen LogP contribution >= 0.6 is 0 Å². The Balaban J connectivity index is 0.00000468. The van der Waals surface area contributed by atoms with Gasteiger partial charge >= 0.3 is 23.9 Å². The van der Waals surface area contributed by atoms with Crippen molar-refractivity contribution in [3.63, 3.8) is 0 Å². The molecule has 6 rings (SSSR count). The molecule has 10 nitrogen and oxygen atoms in total. The first-order valence-corrected chi connectivity index (χ1v) is 18.9. The van der Waals surface area contributed by atoms with E-state index in [1.54, 1.807) is 6.92 Å². The fourth-order valence-corrected chi connectivity index (χ4v) is 12.3. The summed E-state index contributed by atoms with van der Waals surface area (Å²) in [5.74, 6) is 1.32. The number of carbonyl (C=O) groups is 4. The van der Waals surface area contributed by atoms with Crippen LogP contribution in [0.25, 0.3) is 0 Å². The number of nitrogens with zero attached hydrogens (tertiary/aromatic N) is 2. The average Bonchev–Trinajstić information content (AvgIpc) is 3.30. The predicted octanol–water partition coefficient (Wildman–Crippen LogP) is 2.05. The highest BCUT2D eigenvalue weighted by Crippen LogP contribution is 2.67. The number of halogens is 1. The highest BCUT2D eigenvalue weighted by Gasteiger charge is 2.67. The summed E-state index contributed by atoms with van der Waals surface area (Å²) in [6.45, 7) is 14.6. The lowest BCUT2D eigenvalue weighted by molar-refractivity contribution is -0.941. The molecule has 0 radical (unpaired) electrons. The Morgan fingerprint density at radius 3 is 1.82 bits per heavy atom. The number of likely N-dealkylation sites (tertiary alicyclic amines) is 2. The molecule has 4 saturated carbocycles. The first kappa shape index (κ1) is 38.5. The smallest absolute Gasteiger partial charge is 0.303 e. The summed E-state index contributed by atoms with van der Waals surface area (Å²) in [6.07, 6.45) is 10.5. The van der Waals surface area contributed by atoms with Crippen LogP contribution in [0.3, 0.4) is 0 Å². The zero-order chi connectivity index (χ0) is 34.6. The van der Waals surface area contributed by atoms with E-state index in [0.717, 1.165) is 94.9 Å². The fraction of sp³-hybridized carbons (Fsp3) is 0.895. The Morgan fingerprint density at radius 1 is 0.673 bits per heavy atom.